The molecule has 0 atom stereocenters. The molecule has 0 saturated carbocycles. The quantitative estimate of drug-likeness (QED) is 0.648. The molecule has 130 valence electrons. The van der Waals surface area contributed by atoms with E-state index in [1.165, 1.54) is 18.3 Å². The van der Waals surface area contributed by atoms with Crippen molar-refractivity contribution in [3.8, 4) is 0 Å². The third kappa shape index (κ3) is 3.61. The van der Waals surface area contributed by atoms with E-state index in [0.717, 1.165) is 0 Å². The summed E-state index contributed by atoms with van der Waals surface area (Å²) in [5, 5.41) is 9.40. The van der Waals surface area contributed by atoms with E-state index in [-0.39, 0.29) is 10.7 Å². The van der Waals surface area contributed by atoms with Gasteiger partial charge in [0.15, 0.2) is 0 Å². The van der Waals surface area contributed by atoms with E-state index in [0.29, 0.717) is 22.8 Å². The molecule has 0 unspecified atom stereocenters. The number of sulfonamides is 1. The van der Waals surface area contributed by atoms with Crippen molar-refractivity contribution < 1.29 is 12.8 Å². The number of hydrogen-bond acceptors (Lipinski definition) is 5. The SMILES string of the molecule is Cc1n[nH]c(C)c1S(=O)(=O)Nc1ccc(Nc2ccccc2F)cn1. The van der Waals surface area contributed by atoms with Crippen LogP contribution in [0.5, 0.6) is 0 Å². The standard InChI is InChI=1S/C16H16FN5O2S/c1-10-16(11(2)21-20-10)25(23,24)22-15-8-7-12(9-18-15)19-14-6-4-3-5-13(14)17/h3-9,19H,1-2H3,(H,18,22)(H,20,21). The number of nitrogens with zero attached hydrogens (tertiary/aromatic N) is 2. The number of halogens is 1. The molecule has 0 amide bonds. The normalized spacial score (nSPS) is 11.3. The monoisotopic (exact) mass is 361 g/mol. The Morgan fingerprint density at radius 3 is 2.48 bits per heavy atom. The molecule has 9 heteroatoms. The second-order valence-corrected chi connectivity index (χ2v) is 7.02. The lowest BCUT2D eigenvalue weighted by Gasteiger charge is -2.10. The number of aryl methyl sites for hydroxylation is 2. The van der Waals surface area contributed by atoms with Gasteiger partial charge in [-0.1, -0.05) is 12.1 Å². The summed E-state index contributed by atoms with van der Waals surface area (Å²) < 4.78 is 40.9. The molecule has 2 aromatic heterocycles. The van der Waals surface area contributed by atoms with Crippen LogP contribution in [-0.2, 0) is 10.0 Å². The molecule has 2 heterocycles. The van der Waals surface area contributed by atoms with E-state index < -0.39 is 15.8 Å². The molecule has 0 aliphatic heterocycles. The van der Waals surface area contributed by atoms with Crippen molar-refractivity contribution in [2.45, 2.75) is 18.7 Å². The van der Waals surface area contributed by atoms with Gasteiger partial charge in [0.1, 0.15) is 16.5 Å². The zero-order chi connectivity index (χ0) is 18.0. The fourth-order valence-electron chi connectivity index (χ4n) is 2.37. The van der Waals surface area contributed by atoms with Crippen LogP contribution >= 0.6 is 0 Å². The summed E-state index contributed by atoms with van der Waals surface area (Å²) in [6.45, 7) is 3.23. The highest BCUT2D eigenvalue weighted by atomic mass is 32.2. The zero-order valence-corrected chi connectivity index (χ0v) is 14.4. The van der Waals surface area contributed by atoms with Crippen LogP contribution in [0.2, 0.25) is 0 Å². The van der Waals surface area contributed by atoms with E-state index in [9.17, 15) is 12.8 Å². The fraction of sp³-hybridized carbons (Fsp3) is 0.125. The molecule has 0 fully saturated rings. The number of anilines is 3. The molecule has 0 saturated heterocycles. The molecule has 7 nitrogen and oxygen atoms in total. The Kier molecular flexibility index (Phi) is 4.41. The topological polar surface area (TPSA) is 99.8 Å². The molecule has 3 aromatic rings. The third-order valence-corrected chi connectivity index (χ3v) is 5.10. The number of nitrogens with one attached hydrogen (secondary N) is 3. The van der Waals surface area contributed by atoms with Crippen molar-refractivity contribution in [3.63, 3.8) is 0 Å². The molecule has 0 spiro atoms. The number of aromatic nitrogens is 3. The average Bonchev–Trinajstić information content (AvgIpc) is 2.91. The first kappa shape index (κ1) is 16.9. The van der Waals surface area contributed by atoms with Crippen LogP contribution in [0.3, 0.4) is 0 Å². The van der Waals surface area contributed by atoms with E-state index in [2.05, 4.69) is 25.2 Å². The molecule has 1 aromatic carbocycles. The lowest BCUT2D eigenvalue weighted by Crippen LogP contribution is -2.15. The fourth-order valence-corrected chi connectivity index (χ4v) is 3.75. The van der Waals surface area contributed by atoms with Gasteiger partial charge in [-0.25, -0.2) is 17.8 Å². The van der Waals surface area contributed by atoms with Gasteiger partial charge in [-0.3, -0.25) is 9.82 Å². The number of H-pyrrole nitrogens is 1. The highest BCUT2D eigenvalue weighted by molar-refractivity contribution is 7.92. The van der Waals surface area contributed by atoms with Crippen molar-refractivity contribution in [2.24, 2.45) is 0 Å². The molecular formula is C16H16FN5O2S. The number of pyridine rings is 1. The number of rotatable bonds is 5. The van der Waals surface area contributed by atoms with Crippen molar-refractivity contribution in [3.05, 3.63) is 59.8 Å². The second kappa shape index (κ2) is 6.52. The molecule has 0 aliphatic rings. The van der Waals surface area contributed by atoms with Crippen LogP contribution in [0.15, 0.2) is 47.5 Å². The summed E-state index contributed by atoms with van der Waals surface area (Å²) in [6.07, 6.45) is 1.42. The summed E-state index contributed by atoms with van der Waals surface area (Å²) in [7, 11) is -3.80. The summed E-state index contributed by atoms with van der Waals surface area (Å²) in [5.74, 6) is -0.239. The van der Waals surface area contributed by atoms with E-state index in [1.54, 1.807) is 38.1 Å². The molecule has 3 rings (SSSR count). The van der Waals surface area contributed by atoms with Crippen molar-refractivity contribution >= 4 is 27.2 Å². The van der Waals surface area contributed by atoms with Crippen molar-refractivity contribution in [2.75, 3.05) is 10.0 Å². The Hall–Kier alpha value is -2.94. The summed E-state index contributed by atoms with van der Waals surface area (Å²) in [5.41, 5.74) is 1.66. The first-order valence-electron chi connectivity index (χ1n) is 7.39. The Balaban J connectivity index is 1.78. The second-order valence-electron chi connectivity index (χ2n) is 5.41. The first-order chi connectivity index (χ1) is 11.9. The smallest absolute Gasteiger partial charge is 0.266 e. The average molecular weight is 361 g/mol. The molecule has 25 heavy (non-hydrogen) atoms. The van der Waals surface area contributed by atoms with Crippen LogP contribution in [0.1, 0.15) is 11.4 Å². The lowest BCUT2D eigenvalue weighted by molar-refractivity contribution is 0.600. The van der Waals surface area contributed by atoms with Gasteiger partial charge in [0, 0.05) is 0 Å². The molecule has 0 bridgehead atoms. The van der Waals surface area contributed by atoms with Gasteiger partial charge in [0.2, 0.25) is 0 Å². The molecule has 0 radical (unpaired) electrons. The predicted molar refractivity (Wildman–Crippen MR) is 92.8 cm³/mol. The van der Waals surface area contributed by atoms with Crippen LogP contribution in [0.25, 0.3) is 0 Å². The largest absolute Gasteiger partial charge is 0.352 e. The predicted octanol–water partition coefficient (Wildman–Crippen LogP) is 3.11. The van der Waals surface area contributed by atoms with Crippen LogP contribution in [0, 0.1) is 19.7 Å². The minimum absolute atomic E-state index is 0.0999. The molecular weight excluding hydrogens is 345 g/mol. The van der Waals surface area contributed by atoms with Crippen molar-refractivity contribution in [1.29, 1.82) is 0 Å². The van der Waals surface area contributed by atoms with E-state index in [4.69, 9.17) is 0 Å². The minimum atomic E-state index is -3.80. The van der Waals surface area contributed by atoms with Gasteiger partial charge in [-0.2, -0.15) is 5.10 Å². The van der Waals surface area contributed by atoms with Gasteiger partial charge >= 0.3 is 0 Å². The Labute approximate surface area is 144 Å². The maximum atomic E-state index is 13.6. The summed E-state index contributed by atoms with van der Waals surface area (Å²) >= 11 is 0. The van der Waals surface area contributed by atoms with Gasteiger partial charge in [0.25, 0.3) is 10.0 Å². The Morgan fingerprint density at radius 2 is 1.88 bits per heavy atom. The minimum Gasteiger partial charge on any atom is -0.352 e. The first-order valence-corrected chi connectivity index (χ1v) is 8.87. The third-order valence-electron chi connectivity index (χ3n) is 3.48. The number of benzene rings is 1. The highest BCUT2D eigenvalue weighted by Crippen LogP contribution is 2.22. The van der Waals surface area contributed by atoms with Gasteiger partial charge in [0.05, 0.1) is 29.0 Å². The number of para-hydroxylation sites is 1. The van der Waals surface area contributed by atoms with Crippen LogP contribution in [-0.4, -0.2) is 23.6 Å². The maximum absolute atomic E-state index is 13.6. The van der Waals surface area contributed by atoms with Crippen molar-refractivity contribution in [1.82, 2.24) is 15.2 Å². The Morgan fingerprint density at radius 1 is 1.12 bits per heavy atom. The van der Waals surface area contributed by atoms with Gasteiger partial charge in [-0.05, 0) is 38.1 Å². The molecule has 3 N–H and O–H groups in total. The maximum Gasteiger partial charge on any atom is 0.266 e. The van der Waals surface area contributed by atoms with E-state index in [1.807, 2.05) is 0 Å². The summed E-state index contributed by atoms with van der Waals surface area (Å²) in [4.78, 5) is 4.15. The van der Waals surface area contributed by atoms with E-state index >= 15 is 0 Å². The summed E-state index contributed by atoms with van der Waals surface area (Å²) in [6, 6.07) is 9.33. The molecule has 0 aliphatic carbocycles. The van der Waals surface area contributed by atoms with Gasteiger partial charge in [-0.15, -0.1) is 0 Å². The number of aromatic amines is 1. The van der Waals surface area contributed by atoms with Gasteiger partial charge < -0.3 is 5.32 Å². The number of hydrogen-bond donors (Lipinski definition) is 3. The van der Waals surface area contributed by atoms with Crippen LogP contribution < -0.4 is 10.0 Å². The zero-order valence-electron chi connectivity index (χ0n) is 13.5. The van der Waals surface area contributed by atoms with Crippen LogP contribution in [0.4, 0.5) is 21.6 Å². The highest BCUT2D eigenvalue weighted by Gasteiger charge is 2.22. The lowest BCUT2D eigenvalue weighted by atomic mass is 10.3. The Bertz CT molecular complexity index is 980.